The van der Waals surface area contributed by atoms with Gasteiger partial charge in [0.1, 0.15) is 0 Å². The SMILES string of the molecule is C[C@@H](CCC(=O)O)[C@H]1CC[C@H]2[C@@H]3[C@@H](O)C[C@@H]4C[C@H](O)CC[C@]4(C)[C@H]3CC[C@]12C. The lowest BCUT2D eigenvalue weighted by molar-refractivity contribution is -0.174. The van der Waals surface area contributed by atoms with Crippen molar-refractivity contribution in [2.24, 2.45) is 46.3 Å². The molecule has 0 amide bonds. The van der Waals surface area contributed by atoms with Gasteiger partial charge in [-0.15, -0.1) is 0 Å². The minimum absolute atomic E-state index is 0.179. The zero-order valence-corrected chi connectivity index (χ0v) is 17.9. The average Bonchev–Trinajstić information content (AvgIpc) is 2.98. The van der Waals surface area contributed by atoms with E-state index in [-0.39, 0.29) is 29.5 Å². The fraction of sp³-hybridized carbons (Fsp3) is 0.958. The van der Waals surface area contributed by atoms with Crippen molar-refractivity contribution >= 4 is 5.97 Å². The maximum absolute atomic E-state index is 11.2. The molecule has 28 heavy (non-hydrogen) atoms. The van der Waals surface area contributed by atoms with Crippen LogP contribution in [0.5, 0.6) is 0 Å². The second kappa shape index (κ2) is 7.27. The molecule has 4 nitrogen and oxygen atoms in total. The third-order valence-electron chi connectivity index (χ3n) is 10.2. The van der Waals surface area contributed by atoms with Gasteiger partial charge in [0, 0.05) is 6.42 Å². The highest BCUT2D eigenvalue weighted by atomic mass is 16.4. The van der Waals surface area contributed by atoms with Crippen LogP contribution in [0.1, 0.15) is 85.0 Å². The van der Waals surface area contributed by atoms with E-state index in [1.165, 1.54) is 25.7 Å². The summed E-state index contributed by atoms with van der Waals surface area (Å²) in [5.74, 6) is 2.36. The van der Waals surface area contributed by atoms with Crippen LogP contribution in [0.15, 0.2) is 0 Å². The van der Waals surface area contributed by atoms with Gasteiger partial charge >= 0.3 is 5.97 Å². The van der Waals surface area contributed by atoms with Gasteiger partial charge in [0.2, 0.25) is 0 Å². The topological polar surface area (TPSA) is 77.8 Å². The fourth-order valence-electron chi connectivity index (χ4n) is 8.73. The Morgan fingerprint density at radius 3 is 2.39 bits per heavy atom. The van der Waals surface area contributed by atoms with Crippen LogP contribution < -0.4 is 0 Å². The highest BCUT2D eigenvalue weighted by Gasteiger charge is 2.62. The molecular formula is C24H40O4. The molecule has 0 aliphatic heterocycles. The predicted molar refractivity (Wildman–Crippen MR) is 109 cm³/mol. The molecule has 4 aliphatic rings. The van der Waals surface area contributed by atoms with Crippen molar-refractivity contribution in [3.63, 3.8) is 0 Å². The Labute approximate surface area is 170 Å². The van der Waals surface area contributed by atoms with Gasteiger partial charge in [0.05, 0.1) is 12.2 Å². The molecule has 0 aromatic heterocycles. The van der Waals surface area contributed by atoms with Crippen molar-refractivity contribution in [1.82, 2.24) is 0 Å². The van der Waals surface area contributed by atoms with Crippen LogP contribution in [0.2, 0.25) is 0 Å². The number of carbonyl (C=O) groups is 1. The summed E-state index contributed by atoms with van der Waals surface area (Å²) in [5, 5.41) is 30.5. The van der Waals surface area contributed by atoms with E-state index >= 15 is 0 Å². The van der Waals surface area contributed by atoms with Crippen LogP contribution in [0, 0.1) is 46.3 Å². The molecule has 0 unspecified atom stereocenters. The summed E-state index contributed by atoms with van der Waals surface area (Å²) in [6, 6.07) is 0. The summed E-state index contributed by atoms with van der Waals surface area (Å²) < 4.78 is 0. The Morgan fingerprint density at radius 1 is 1.00 bits per heavy atom. The molecule has 3 N–H and O–H groups in total. The number of aliphatic hydroxyl groups excluding tert-OH is 2. The van der Waals surface area contributed by atoms with Gasteiger partial charge < -0.3 is 15.3 Å². The van der Waals surface area contributed by atoms with Gasteiger partial charge in [0.15, 0.2) is 0 Å². The Hall–Kier alpha value is -0.610. The smallest absolute Gasteiger partial charge is 0.303 e. The zero-order chi connectivity index (χ0) is 20.3. The molecule has 0 spiro atoms. The van der Waals surface area contributed by atoms with Gasteiger partial charge in [-0.05, 0) is 104 Å². The van der Waals surface area contributed by atoms with Crippen molar-refractivity contribution in [2.45, 2.75) is 97.2 Å². The first kappa shape index (κ1) is 20.7. The van der Waals surface area contributed by atoms with Gasteiger partial charge in [-0.1, -0.05) is 20.8 Å². The van der Waals surface area contributed by atoms with E-state index in [0.717, 1.165) is 32.1 Å². The number of carboxylic acid groups (broad SMARTS) is 1. The third kappa shape index (κ3) is 3.14. The maximum Gasteiger partial charge on any atom is 0.303 e. The highest BCUT2D eigenvalue weighted by molar-refractivity contribution is 5.66. The summed E-state index contributed by atoms with van der Waals surface area (Å²) in [7, 11) is 0. The molecule has 0 aromatic rings. The second-order valence-electron chi connectivity index (χ2n) is 11.4. The molecule has 0 aromatic carbocycles. The van der Waals surface area contributed by atoms with Crippen LogP contribution in [0.25, 0.3) is 0 Å². The summed E-state index contributed by atoms with van der Waals surface area (Å²) in [5.41, 5.74) is 0.523. The first-order chi connectivity index (χ1) is 13.2. The molecule has 4 fully saturated rings. The molecule has 0 saturated heterocycles. The number of aliphatic carboxylic acids is 1. The normalized spacial score (nSPS) is 51.7. The zero-order valence-electron chi connectivity index (χ0n) is 17.9. The number of carboxylic acids is 1. The lowest BCUT2D eigenvalue weighted by atomic mass is 9.43. The number of aliphatic hydroxyl groups is 2. The number of hydrogen-bond donors (Lipinski definition) is 3. The lowest BCUT2D eigenvalue weighted by Gasteiger charge is -2.62. The fourth-order valence-corrected chi connectivity index (χ4v) is 8.73. The lowest BCUT2D eigenvalue weighted by Crippen LogP contribution is -2.58. The molecular weight excluding hydrogens is 352 g/mol. The monoisotopic (exact) mass is 392 g/mol. The molecule has 4 rings (SSSR count). The molecule has 0 heterocycles. The average molecular weight is 393 g/mol. The van der Waals surface area contributed by atoms with Crippen molar-refractivity contribution < 1.29 is 20.1 Å². The molecule has 160 valence electrons. The number of hydrogen-bond acceptors (Lipinski definition) is 3. The molecule has 4 heteroatoms. The van der Waals surface area contributed by atoms with E-state index < -0.39 is 5.97 Å². The predicted octanol–water partition coefficient (Wildman–Crippen LogP) is 4.48. The summed E-state index contributed by atoms with van der Waals surface area (Å²) >= 11 is 0. The van der Waals surface area contributed by atoms with Crippen LogP contribution >= 0.6 is 0 Å². The molecule has 10 atom stereocenters. The van der Waals surface area contributed by atoms with E-state index in [9.17, 15) is 15.0 Å². The van der Waals surface area contributed by atoms with Crippen molar-refractivity contribution in [1.29, 1.82) is 0 Å². The van der Waals surface area contributed by atoms with E-state index in [1.807, 2.05) is 0 Å². The van der Waals surface area contributed by atoms with Gasteiger partial charge in [0.25, 0.3) is 0 Å². The second-order valence-corrected chi connectivity index (χ2v) is 11.4. The van der Waals surface area contributed by atoms with Gasteiger partial charge in [-0.25, -0.2) is 0 Å². The van der Waals surface area contributed by atoms with Crippen molar-refractivity contribution in [3.05, 3.63) is 0 Å². The van der Waals surface area contributed by atoms with E-state index in [4.69, 9.17) is 5.11 Å². The number of fused-ring (bicyclic) bond motifs is 5. The molecule has 4 aliphatic carbocycles. The molecule has 0 bridgehead atoms. The standard InChI is InChI=1S/C24H40O4/c1-14(4-7-21(27)28)17-5-6-18-22-19(9-11-24(17,18)3)23(2)10-8-16(25)12-15(23)13-20(22)26/h14-20,22,25-26H,4-13H2,1-3H3,(H,27,28)/t14-,15-,16+,17+,18-,19-,20-,22-,23-,24+/m0/s1. The third-order valence-corrected chi connectivity index (χ3v) is 10.2. The molecule has 4 saturated carbocycles. The van der Waals surface area contributed by atoms with Crippen LogP contribution in [-0.4, -0.2) is 33.5 Å². The van der Waals surface area contributed by atoms with Gasteiger partial charge in [-0.2, -0.15) is 0 Å². The van der Waals surface area contributed by atoms with Crippen LogP contribution in [0.4, 0.5) is 0 Å². The first-order valence-electron chi connectivity index (χ1n) is 11.7. The highest BCUT2D eigenvalue weighted by Crippen LogP contribution is 2.68. The Balaban J connectivity index is 1.55. The summed E-state index contributed by atoms with van der Waals surface area (Å²) in [6.07, 6.45) is 9.19. The van der Waals surface area contributed by atoms with E-state index in [0.29, 0.717) is 35.5 Å². The van der Waals surface area contributed by atoms with Crippen molar-refractivity contribution in [3.8, 4) is 0 Å². The van der Waals surface area contributed by atoms with Crippen molar-refractivity contribution in [2.75, 3.05) is 0 Å². The Kier molecular flexibility index (Phi) is 5.36. The Morgan fingerprint density at radius 2 is 1.68 bits per heavy atom. The summed E-state index contributed by atoms with van der Waals surface area (Å²) in [6.45, 7) is 7.16. The number of rotatable bonds is 4. The first-order valence-corrected chi connectivity index (χ1v) is 11.7. The minimum Gasteiger partial charge on any atom is -0.481 e. The van der Waals surface area contributed by atoms with Gasteiger partial charge in [-0.3, -0.25) is 4.79 Å². The van der Waals surface area contributed by atoms with E-state index in [2.05, 4.69) is 20.8 Å². The largest absolute Gasteiger partial charge is 0.481 e. The minimum atomic E-state index is -0.684. The quantitative estimate of drug-likeness (QED) is 0.659. The van der Waals surface area contributed by atoms with Crippen LogP contribution in [0.3, 0.4) is 0 Å². The maximum atomic E-state index is 11.2. The summed E-state index contributed by atoms with van der Waals surface area (Å²) in [4.78, 5) is 11.1. The van der Waals surface area contributed by atoms with E-state index in [1.54, 1.807) is 0 Å². The molecule has 0 radical (unpaired) electrons. The van der Waals surface area contributed by atoms with Crippen LogP contribution in [-0.2, 0) is 4.79 Å². The Bertz CT molecular complexity index is 605.